The predicted molar refractivity (Wildman–Crippen MR) is 68.3 cm³/mol. The molecule has 0 spiro atoms. The molecule has 0 atom stereocenters. The van der Waals surface area contributed by atoms with Crippen LogP contribution in [0.4, 0.5) is 0 Å². The molecule has 5 nitrogen and oxygen atoms in total. The van der Waals surface area contributed by atoms with E-state index >= 15 is 0 Å². The minimum absolute atomic E-state index is 0.127. The Hall–Kier alpha value is -2.04. The Balaban J connectivity index is 2.53. The van der Waals surface area contributed by atoms with Crippen LogP contribution in [0.5, 0.6) is 5.75 Å². The number of hydrogen-bond acceptors (Lipinski definition) is 5. The predicted octanol–water partition coefficient (Wildman–Crippen LogP) is 2.24. The van der Waals surface area contributed by atoms with Gasteiger partial charge in [-0.2, -0.15) is 0 Å². The topological polar surface area (TPSA) is 60.8 Å². The summed E-state index contributed by atoms with van der Waals surface area (Å²) in [5.74, 6) is 1.72. The molecule has 2 heterocycles. The Morgan fingerprint density at radius 2 is 1.67 bits per heavy atom. The molecule has 5 heteroatoms. The third-order valence-electron chi connectivity index (χ3n) is 2.45. The molecule has 0 aliphatic heterocycles. The van der Waals surface area contributed by atoms with Crippen LogP contribution in [0, 0.1) is 0 Å². The number of hydrogen-bond donors (Lipinski definition) is 0. The van der Waals surface area contributed by atoms with Gasteiger partial charge in [-0.25, -0.2) is 19.9 Å². The van der Waals surface area contributed by atoms with E-state index in [-0.39, 0.29) is 5.41 Å². The van der Waals surface area contributed by atoms with E-state index in [9.17, 15) is 0 Å². The Morgan fingerprint density at radius 3 is 2.22 bits per heavy atom. The highest BCUT2D eigenvalue weighted by Crippen LogP contribution is 2.29. The number of methoxy groups -OCH3 is 1. The van der Waals surface area contributed by atoms with E-state index in [0.717, 1.165) is 5.69 Å². The SMILES string of the molecule is COc1cnc(-c2ncccn2)nc1C(C)(C)C. The second kappa shape index (κ2) is 4.68. The van der Waals surface area contributed by atoms with Gasteiger partial charge in [0.25, 0.3) is 0 Å². The Bertz CT molecular complexity index is 534. The molecule has 2 aromatic heterocycles. The zero-order valence-corrected chi connectivity index (χ0v) is 11.0. The highest BCUT2D eigenvalue weighted by Gasteiger charge is 2.22. The van der Waals surface area contributed by atoms with E-state index in [1.54, 1.807) is 31.8 Å². The average molecular weight is 244 g/mol. The second-order valence-corrected chi connectivity index (χ2v) is 4.93. The maximum absolute atomic E-state index is 5.30. The molecular formula is C13H16N4O. The first-order chi connectivity index (χ1) is 8.52. The molecule has 94 valence electrons. The number of rotatable bonds is 2. The van der Waals surface area contributed by atoms with E-state index in [4.69, 9.17) is 4.74 Å². The second-order valence-electron chi connectivity index (χ2n) is 4.93. The van der Waals surface area contributed by atoms with Gasteiger partial charge >= 0.3 is 0 Å². The minimum atomic E-state index is -0.127. The van der Waals surface area contributed by atoms with E-state index in [1.165, 1.54) is 0 Å². The van der Waals surface area contributed by atoms with Gasteiger partial charge in [-0.15, -0.1) is 0 Å². The molecule has 0 amide bonds. The molecule has 18 heavy (non-hydrogen) atoms. The quantitative estimate of drug-likeness (QED) is 0.810. The first kappa shape index (κ1) is 12.4. The summed E-state index contributed by atoms with van der Waals surface area (Å²) in [6, 6.07) is 1.76. The standard InChI is InChI=1S/C13H16N4O/c1-13(2,3)10-9(18-4)8-16-12(17-10)11-14-6-5-7-15-11/h5-8H,1-4H3. The lowest BCUT2D eigenvalue weighted by atomic mass is 9.91. The maximum atomic E-state index is 5.30. The van der Waals surface area contributed by atoms with Gasteiger partial charge in [0.2, 0.25) is 0 Å². The number of nitrogens with zero attached hydrogens (tertiary/aromatic N) is 4. The lowest BCUT2D eigenvalue weighted by Crippen LogP contribution is -2.16. The van der Waals surface area contributed by atoms with Crippen LogP contribution in [0.1, 0.15) is 26.5 Å². The molecular weight excluding hydrogens is 228 g/mol. The lowest BCUT2D eigenvalue weighted by Gasteiger charge is -2.20. The zero-order valence-electron chi connectivity index (χ0n) is 11.0. The lowest BCUT2D eigenvalue weighted by molar-refractivity contribution is 0.390. The Labute approximate surface area is 106 Å². The zero-order chi connectivity index (χ0) is 13.2. The molecule has 0 N–H and O–H groups in total. The largest absolute Gasteiger partial charge is 0.493 e. The highest BCUT2D eigenvalue weighted by molar-refractivity contribution is 5.45. The van der Waals surface area contributed by atoms with Gasteiger partial charge in [0.05, 0.1) is 19.0 Å². The van der Waals surface area contributed by atoms with Crippen molar-refractivity contribution < 1.29 is 4.74 Å². The summed E-state index contributed by atoms with van der Waals surface area (Å²) in [6.45, 7) is 6.23. The minimum Gasteiger partial charge on any atom is -0.493 e. The van der Waals surface area contributed by atoms with Crippen molar-refractivity contribution in [1.82, 2.24) is 19.9 Å². The van der Waals surface area contributed by atoms with Crippen LogP contribution in [0.3, 0.4) is 0 Å². The van der Waals surface area contributed by atoms with Crippen molar-refractivity contribution in [2.45, 2.75) is 26.2 Å². The molecule has 0 aliphatic carbocycles. The van der Waals surface area contributed by atoms with Gasteiger partial charge in [0.1, 0.15) is 0 Å². The third-order valence-corrected chi connectivity index (χ3v) is 2.45. The fourth-order valence-corrected chi connectivity index (χ4v) is 1.58. The monoisotopic (exact) mass is 244 g/mol. The number of aromatic nitrogens is 4. The van der Waals surface area contributed by atoms with Crippen LogP contribution in [0.15, 0.2) is 24.7 Å². The van der Waals surface area contributed by atoms with Crippen molar-refractivity contribution >= 4 is 0 Å². The summed E-state index contributed by atoms with van der Waals surface area (Å²) >= 11 is 0. The van der Waals surface area contributed by atoms with Crippen LogP contribution < -0.4 is 4.74 Å². The van der Waals surface area contributed by atoms with Gasteiger partial charge in [-0.1, -0.05) is 20.8 Å². The molecule has 0 aliphatic rings. The fraction of sp³-hybridized carbons (Fsp3) is 0.385. The van der Waals surface area contributed by atoms with Crippen molar-refractivity contribution in [2.24, 2.45) is 0 Å². The molecule has 0 saturated carbocycles. The van der Waals surface area contributed by atoms with Gasteiger partial charge < -0.3 is 4.74 Å². The normalized spacial score (nSPS) is 11.3. The maximum Gasteiger partial charge on any atom is 0.198 e. The number of ether oxygens (including phenoxy) is 1. The van der Waals surface area contributed by atoms with E-state index in [0.29, 0.717) is 17.4 Å². The van der Waals surface area contributed by atoms with E-state index < -0.39 is 0 Å². The first-order valence-electron chi connectivity index (χ1n) is 5.71. The molecule has 0 bridgehead atoms. The average Bonchev–Trinajstić information content (AvgIpc) is 2.38. The van der Waals surface area contributed by atoms with Gasteiger partial charge in [0.15, 0.2) is 17.4 Å². The molecule has 2 aromatic rings. The van der Waals surface area contributed by atoms with Gasteiger partial charge in [-0.05, 0) is 6.07 Å². The summed E-state index contributed by atoms with van der Waals surface area (Å²) in [5.41, 5.74) is 0.722. The van der Waals surface area contributed by atoms with E-state index in [2.05, 4.69) is 40.7 Å². The van der Waals surface area contributed by atoms with Crippen LogP contribution >= 0.6 is 0 Å². The molecule has 0 radical (unpaired) electrons. The van der Waals surface area contributed by atoms with Crippen molar-refractivity contribution in [3.05, 3.63) is 30.4 Å². The molecule has 0 aromatic carbocycles. The summed E-state index contributed by atoms with van der Waals surface area (Å²) in [7, 11) is 1.62. The van der Waals surface area contributed by atoms with Gasteiger partial charge in [-0.3, -0.25) is 0 Å². The van der Waals surface area contributed by atoms with Crippen LogP contribution in [-0.4, -0.2) is 27.0 Å². The van der Waals surface area contributed by atoms with Crippen LogP contribution in [-0.2, 0) is 5.41 Å². The summed E-state index contributed by atoms with van der Waals surface area (Å²) in [4.78, 5) is 17.1. The smallest absolute Gasteiger partial charge is 0.198 e. The van der Waals surface area contributed by atoms with Crippen molar-refractivity contribution in [3.63, 3.8) is 0 Å². The van der Waals surface area contributed by atoms with Crippen molar-refractivity contribution in [3.8, 4) is 17.4 Å². The Kier molecular flexibility index (Phi) is 3.23. The molecule has 0 unspecified atom stereocenters. The third kappa shape index (κ3) is 2.45. The highest BCUT2D eigenvalue weighted by atomic mass is 16.5. The Morgan fingerprint density at radius 1 is 1.00 bits per heavy atom. The van der Waals surface area contributed by atoms with Crippen molar-refractivity contribution in [2.75, 3.05) is 7.11 Å². The molecule has 0 saturated heterocycles. The van der Waals surface area contributed by atoms with Crippen molar-refractivity contribution in [1.29, 1.82) is 0 Å². The summed E-state index contributed by atoms with van der Waals surface area (Å²) in [6.07, 6.45) is 5.01. The summed E-state index contributed by atoms with van der Waals surface area (Å²) < 4.78 is 5.30. The summed E-state index contributed by atoms with van der Waals surface area (Å²) in [5, 5.41) is 0. The van der Waals surface area contributed by atoms with E-state index in [1.807, 2.05) is 0 Å². The first-order valence-corrected chi connectivity index (χ1v) is 5.71. The molecule has 2 rings (SSSR count). The molecule has 0 fully saturated rings. The fourth-order valence-electron chi connectivity index (χ4n) is 1.58. The van der Waals surface area contributed by atoms with Crippen LogP contribution in [0.2, 0.25) is 0 Å². The van der Waals surface area contributed by atoms with Gasteiger partial charge in [0, 0.05) is 17.8 Å². The van der Waals surface area contributed by atoms with Crippen LogP contribution in [0.25, 0.3) is 11.6 Å².